The van der Waals surface area contributed by atoms with Crippen molar-refractivity contribution < 1.29 is 9.15 Å². The van der Waals surface area contributed by atoms with E-state index in [-0.39, 0.29) is 5.60 Å². The molecule has 0 aliphatic carbocycles. The molecule has 1 saturated heterocycles. The molecule has 2 rings (SSSR count). The molecule has 1 unspecified atom stereocenters. The molecule has 22 heavy (non-hydrogen) atoms. The SMILES string of the molecule is C/C(=C\CCc1ccoc1)CC/C=C(\C)CCC1OC1(C)C. The number of rotatable bonds is 9. The summed E-state index contributed by atoms with van der Waals surface area (Å²) in [6.45, 7) is 8.83. The maximum absolute atomic E-state index is 5.63. The topological polar surface area (TPSA) is 25.7 Å². The third kappa shape index (κ3) is 5.84. The number of ether oxygens (including phenoxy) is 1. The van der Waals surface area contributed by atoms with Gasteiger partial charge in [-0.3, -0.25) is 0 Å². The van der Waals surface area contributed by atoms with E-state index < -0.39 is 0 Å². The summed E-state index contributed by atoms with van der Waals surface area (Å²) in [7, 11) is 0. The van der Waals surface area contributed by atoms with Gasteiger partial charge >= 0.3 is 0 Å². The van der Waals surface area contributed by atoms with Crippen LogP contribution >= 0.6 is 0 Å². The van der Waals surface area contributed by atoms with E-state index in [0.717, 1.165) is 38.5 Å². The van der Waals surface area contributed by atoms with Crippen molar-refractivity contribution in [3.63, 3.8) is 0 Å². The first-order chi connectivity index (χ1) is 10.5. The van der Waals surface area contributed by atoms with Crippen LogP contribution in [0, 0.1) is 0 Å². The monoisotopic (exact) mass is 302 g/mol. The first-order valence-electron chi connectivity index (χ1n) is 8.47. The normalized spacial score (nSPS) is 21.2. The predicted octanol–water partition coefficient (Wildman–Crippen LogP) is 5.84. The van der Waals surface area contributed by atoms with Gasteiger partial charge in [0.2, 0.25) is 0 Å². The molecule has 122 valence electrons. The number of furan rings is 1. The number of epoxide rings is 1. The minimum Gasteiger partial charge on any atom is -0.472 e. The molecule has 0 radical (unpaired) electrons. The fraction of sp³-hybridized carbons (Fsp3) is 0.600. The molecule has 1 fully saturated rings. The molecule has 0 amide bonds. The van der Waals surface area contributed by atoms with E-state index >= 15 is 0 Å². The van der Waals surface area contributed by atoms with E-state index in [0.29, 0.717) is 6.10 Å². The van der Waals surface area contributed by atoms with Crippen molar-refractivity contribution in [2.75, 3.05) is 0 Å². The van der Waals surface area contributed by atoms with Gasteiger partial charge < -0.3 is 9.15 Å². The number of allylic oxidation sites excluding steroid dienone is 4. The lowest BCUT2D eigenvalue weighted by atomic mass is 10.0. The smallest absolute Gasteiger partial charge is 0.0934 e. The quantitative estimate of drug-likeness (QED) is 0.423. The summed E-state index contributed by atoms with van der Waals surface area (Å²) in [4.78, 5) is 0. The Morgan fingerprint density at radius 3 is 2.45 bits per heavy atom. The molecule has 1 aromatic heterocycles. The van der Waals surface area contributed by atoms with Crippen molar-refractivity contribution in [3.05, 3.63) is 47.5 Å². The lowest BCUT2D eigenvalue weighted by Crippen LogP contribution is -2.02. The second kappa shape index (κ2) is 7.82. The molecule has 0 bridgehead atoms. The van der Waals surface area contributed by atoms with E-state index in [1.165, 1.54) is 16.7 Å². The van der Waals surface area contributed by atoms with Gasteiger partial charge in [-0.1, -0.05) is 23.3 Å². The highest BCUT2D eigenvalue weighted by atomic mass is 16.6. The molecule has 1 aromatic rings. The fourth-order valence-corrected chi connectivity index (χ4v) is 2.77. The summed E-state index contributed by atoms with van der Waals surface area (Å²) in [5, 5.41) is 0. The van der Waals surface area contributed by atoms with E-state index in [4.69, 9.17) is 9.15 Å². The molecule has 1 aliphatic rings. The van der Waals surface area contributed by atoms with Crippen molar-refractivity contribution in [1.29, 1.82) is 0 Å². The summed E-state index contributed by atoms with van der Waals surface area (Å²) < 4.78 is 10.7. The van der Waals surface area contributed by atoms with Gasteiger partial charge in [-0.25, -0.2) is 0 Å². The van der Waals surface area contributed by atoms with Gasteiger partial charge in [0, 0.05) is 0 Å². The van der Waals surface area contributed by atoms with Crippen LogP contribution < -0.4 is 0 Å². The minimum atomic E-state index is 0.134. The second-order valence-electron chi connectivity index (χ2n) is 7.06. The molecule has 2 heterocycles. The predicted molar refractivity (Wildman–Crippen MR) is 92.0 cm³/mol. The molecule has 0 aromatic carbocycles. The van der Waals surface area contributed by atoms with Crippen LogP contribution in [0.3, 0.4) is 0 Å². The highest BCUT2D eigenvalue weighted by molar-refractivity contribution is 5.09. The van der Waals surface area contributed by atoms with Gasteiger partial charge in [0.05, 0.1) is 24.2 Å². The molecule has 1 atom stereocenters. The average molecular weight is 302 g/mol. The number of aryl methyl sites for hydroxylation is 1. The third-order valence-electron chi connectivity index (χ3n) is 4.50. The summed E-state index contributed by atoms with van der Waals surface area (Å²) in [6.07, 6.45) is 15.6. The molecule has 0 N–H and O–H groups in total. The van der Waals surface area contributed by atoms with Crippen LogP contribution in [0.2, 0.25) is 0 Å². The summed E-state index contributed by atoms with van der Waals surface area (Å²) in [5.74, 6) is 0. The Morgan fingerprint density at radius 2 is 1.82 bits per heavy atom. The van der Waals surface area contributed by atoms with E-state index in [1.807, 2.05) is 12.3 Å². The van der Waals surface area contributed by atoms with Crippen molar-refractivity contribution in [2.45, 2.75) is 77.9 Å². The van der Waals surface area contributed by atoms with Gasteiger partial charge in [0.15, 0.2) is 0 Å². The Labute approximate surface area is 135 Å². The van der Waals surface area contributed by atoms with Crippen LogP contribution in [0.4, 0.5) is 0 Å². The molecule has 2 heteroatoms. The Hall–Kier alpha value is -1.28. The molecule has 1 aliphatic heterocycles. The van der Waals surface area contributed by atoms with E-state index in [1.54, 1.807) is 6.26 Å². The molecule has 0 saturated carbocycles. The molecular formula is C20H30O2. The number of hydrogen-bond donors (Lipinski definition) is 0. The van der Waals surface area contributed by atoms with Crippen LogP contribution in [0.15, 0.2) is 46.3 Å². The molecular weight excluding hydrogens is 272 g/mol. The largest absolute Gasteiger partial charge is 0.472 e. The first kappa shape index (κ1) is 17.1. The van der Waals surface area contributed by atoms with Crippen molar-refractivity contribution in [1.82, 2.24) is 0 Å². The zero-order valence-corrected chi connectivity index (χ0v) is 14.5. The van der Waals surface area contributed by atoms with Gasteiger partial charge in [0.25, 0.3) is 0 Å². The van der Waals surface area contributed by atoms with Crippen molar-refractivity contribution in [3.8, 4) is 0 Å². The maximum Gasteiger partial charge on any atom is 0.0934 e. The Morgan fingerprint density at radius 1 is 1.14 bits per heavy atom. The maximum atomic E-state index is 5.63. The average Bonchev–Trinajstić information content (AvgIpc) is 2.87. The minimum absolute atomic E-state index is 0.134. The lowest BCUT2D eigenvalue weighted by Gasteiger charge is -2.02. The zero-order chi connectivity index (χ0) is 16.0. The first-order valence-corrected chi connectivity index (χ1v) is 8.47. The highest BCUT2D eigenvalue weighted by Crippen LogP contribution is 2.38. The zero-order valence-electron chi connectivity index (χ0n) is 14.5. The Kier molecular flexibility index (Phi) is 6.07. The van der Waals surface area contributed by atoms with E-state index in [9.17, 15) is 0 Å². The van der Waals surface area contributed by atoms with Crippen LogP contribution in [-0.2, 0) is 11.2 Å². The molecule has 2 nitrogen and oxygen atoms in total. The van der Waals surface area contributed by atoms with Crippen molar-refractivity contribution >= 4 is 0 Å². The lowest BCUT2D eigenvalue weighted by molar-refractivity contribution is 0.320. The van der Waals surface area contributed by atoms with Gasteiger partial charge in [-0.15, -0.1) is 0 Å². The Balaban J connectivity index is 1.58. The van der Waals surface area contributed by atoms with Gasteiger partial charge in [0.1, 0.15) is 0 Å². The third-order valence-corrected chi connectivity index (χ3v) is 4.50. The van der Waals surface area contributed by atoms with E-state index in [2.05, 4.69) is 39.8 Å². The van der Waals surface area contributed by atoms with Crippen molar-refractivity contribution in [2.24, 2.45) is 0 Å². The summed E-state index contributed by atoms with van der Waals surface area (Å²) in [5.41, 5.74) is 4.40. The highest BCUT2D eigenvalue weighted by Gasteiger charge is 2.46. The summed E-state index contributed by atoms with van der Waals surface area (Å²) in [6, 6.07) is 2.04. The van der Waals surface area contributed by atoms with Crippen LogP contribution in [-0.4, -0.2) is 11.7 Å². The van der Waals surface area contributed by atoms with Gasteiger partial charge in [-0.05, 0) is 77.8 Å². The summed E-state index contributed by atoms with van der Waals surface area (Å²) >= 11 is 0. The second-order valence-corrected chi connectivity index (χ2v) is 7.06. The standard InChI is InChI=1S/C20H30O2/c1-16(9-6-10-18-13-14-21-15-18)7-5-8-17(2)11-12-19-20(3,4)22-19/h8-9,13-15,19H,5-7,10-12H2,1-4H3/b16-9+,17-8+. The van der Waals surface area contributed by atoms with Gasteiger partial charge in [-0.2, -0.15) is 0 Å². The Bertz CT molecular complexity index is 506. The van der Waals surface area contributed by atoms with Crippen LogP contribution in [0.1, 0.15) is 65.4 Å². The fourth-order valence-electron chi connectivity index (χ4n) is 2.77. The van der Waals surface area contributed by atoms with Crippen LogP contribution in [0.25, 0.3) is 0 Å². The van der Waals surface area contributed by atoms with Crippen LogP contribution in [0.5, 0.6) is 0 Å². The molecule has 0 spiro atoms. The number of hydrogen-bond acceptors (Lipinski definition) is 2.